The van der Waals surface area contributed by atoms with Crippen LogP contribution in [0.4, 0.5) is 0 Å². The van der Waals surface area contributed by atoms with Crippen LogP contribution in [0.1, 0.15) is 11.1 Å². The summed E-state index contributed by atoms with van der Waals surface area (Å²) in [5.41, 5.74) is 1.16. The van der Waals surface area contributed by atoms with Crippen molar-refractivity contribution in [3.63, 3.8) is 0 Å². The molecule has 0 fully saturated rings. The molecule has 4 aromatic carbocycles. The van der Waals surface area contributed by atoms with Crippen molar-refractivity contribution in [3.05, 3.63) is 120 Å². The molecule has 0 bridgehead atoms. The third-order valence-electron chi connectivity index (χ3n) is 5.35. The van der Waals surface area contributed by atoms with Gasteiger partial charge in [-0.25, -0.2) is 25.3 Å². The van der Waals surface area contributed by atoms with Crippen molar-refractivity contribution >= 4 is 29.5 Å². The van der Waals surface area contributed by atoms with Crippen molar-refractivity contribution in [3.8, 4) is 0 Å². The van der Waals surface area contributed by atoms with Gasteiger partial charge in [-0.2, -0.15) is 0 Å². The molecule has 180 valence electrons. The zero-order chi connectivity index (χ0) is 25.1. The molecule has 6 nitrogen and oxygen atoms in total. The lowest BCUT2D eigenvalue weighted by atomic mass is 10.2. The molecule has 0 aromatic heterocycles. The molecular formula is C26H22O6S3. The summed E-state index contributed by atoms with van der Waals surface area (Å²) in [7, 11) is -11.8. The highest BCUT2D eigenvalue weighted by Gasteiger charge is 2.24. The van der Waals surface area contributed by atoms with E-state index in [1.807, 2.05) is 0 Å². The molecule has 0 heterocycles. The molecule has 0 amide bonds. The predicted octanol–water partition coefficient (Wildman–Crippen LogP) is 4.47. The number of hydrogen-bond donors (Lipinski definition) is 0. The minimum Gasteiger partial charge on any atom is -0.223 e. The van der Waals surface area contributed by atoms with Crippen LogP contribution in [0.25, 0.3) is 0 Å². The Bertz CT molecular complexity index is 1540. The Kier molecular flexibility index (Phi) is 6.93. The maximum absolute atomic E-state index is 13.3. The molecule has 0 aliphatic carbocycles. The first kappa shape index (κ1) is 24.8. The normalized spacial score (nSPS) is 12.3. The lowest BCUT2D eigenvalue weighted by Gasteiger charge is -2.10. The summed E-state index contributed by atoms with van der Waals surface area (Å²) in [6, 6.07) is 27.4. The van der Waals surface area contributed by atoms with Gasteiger partial charge >= 0.3 is 0 Å². The first-order valence-electron chi connectivity index (χ1n) is 10.6. The van der Waals surface area contributed by atoms with E-state index in [2.05, 4.69) is 0 Å². The first-order valence-corrected chi connectivity index (χ1v) is 15.4. The highest BCUT2D eigenvalue weighted by Crippen LogP contribution is 2.27. The zero-order valence-corrected chi connectivity index (χ0v) is 20.9. The molecule has 0 aliphatic rings. The maximum Gasteiger partial charge on any atom is 0.206 e. The highest BCUT2D eigenvalue weighted by atomic mass is 32.2. The Hall–Kier alpha value is -3.27. The van der Waals surface area contributed by atoms with Crippen LogP contribution in [0.3, 0.4) is 0 Å². The average Bonchev–Trinajstić information content (AvgIpc) is 2.85. The minimum absolute atomic E-state index is 0.129. The van der Waals surface area contributed by atoms with Gasteiger partial charge in [0.1, 0.15) is 0 Å². The van der Waals surface area contributed by atoms with Crippen molar-refractivity contribution in [1.82, 2.24) is 0 Å². The summed E-state index contributed by atoms with van der Waals surface area (Å²) >= 11 is 0. The van der Waals surface area contributed by atoms with Crippen LogP contribution in [0.5, 0.6) is 0 Å². The second-order valence-corrected chi connectivity index (χ2v) is 13.9. The van der Waals surface area contributed by atoms with E-state index in [4.69, 9.17) is 0 Å². The second kappa shape index (κ2) is 9.77. The van der Waals surface area contributed by atoms with Gasteiger partial charge in [-0.1, -0.05) is 72.8 Å². The Balaban J connectivity index is 1.67. The Morgan fingerprint density at radius 2 is 0.743 bits per heavy atom. The Morgan fingerprint density at radius 3 is 1.11 bits per heavy atom. The van der Waals surface area contributed by atoms with Gasteiger partial charge < -0.3 is 0 Å². The predicted molar refractivity (Wildman–Crippen MR) is 133 cm³/mol. The molecule has 4 rings (SSSR count). The summed E-state index contributed by atoms with van der Waals surface area (Å²) < 4.78 is 78.2. The third-order valence-corrected chi connectivity index (χ3v) is 10.5. The van der Waals surface area contributed by atoms with E-state index < -0.39 is 29.5 Å². The Morgan fingerprint density at radius 1 is 0.400 bits per heavy atom. The van der Waals surface area contributed by atoms with E-state index in [0.717, 1.165) is 12.1 Å². The summed E-state index contributed by atoms with van der Waals surface area (Å²) in [6.07, 6.45) is 0. The summed E-state index contributed by atoms with van der Waals surface area (Å²) in [5, 5.41) is 0. The zero-order valence-electron chi connectivity index (χ0n) is 18.5. The molecule has 0 saturated heterocycles. The lowest BCUT2D eigenvalue weighted by molar-refractivity contribution is 0.593. The highest BCUT2D eigenvalue weighted by molar-refractivity contribution is 7.92. The van der Waals surface area contributed by atoms with Crippen LogP contribution >= 0.6 is 0 Å². The number of rotatable bonds is 8. The quantitative estimate of drug-likeness (QED) is 0.336. The molecule has 0 unspecified atom stereocenters. The van der Waals surface area contributed by atoms with Crippen molar-refractivity contribution in [2.45, 2.75) is 31.1 Å². The van der Waals surface area contributed by atoms with Crippen molar-refractivity contribution < 1.29 is 25.3 Å². The topological polar surface area (TPSA) is 102 Å². The summed E-state index contributed by atoms with van der Waals surface area (Å²) in [5.74, 6) is -0.547. The summed E-state index contributed by atoms with van der Waals surface area (Å²) in [6.45, 7) is 0. The lowest BCUT2D eigenvalue weighted by Crippen LogP contribution is -2.09. The van der Waals surface area contributed by atoms with Crippen LogP contribution in [0.15, 0.2) is 129 Å². The van der Waals surface area contributed by atoms with Gasteiger partial charge in [0.2, 0.25) is 9.84 Å². The second-order valence-electron chi connectivity index (χ2n) is 7.94. The van der Waals surface area contributed by atoms with Crippen LogP contribution < -0.4 is 0 Å². The number of benzene rings is 4. The van der Waals surface area contributed by atoms with Gasteiger partial charge in [-0.15, -0.1) is 0 Å². The molecule has 0 saturated carbocycles. The van der Waals surface area contributed by atoms with Crippen molar-refractivity contribution in [1.29, 1.82) is 0 Å². The first-order chi connectivity index (χ1) is 16.6. The van der Waals surface area contributed by atoms with Gasteiger partial charge in [-0.05, 0) is 47.5 Å². The van der Waals surface area contributed by atoms with E-state index in [9.17, 15) is 25.3 Å². The fourth-order valence-corrected chi connectivity index (χ4v) is 7.84. The van der Waals surface area contributed by atoms with Gasteiger partial charge in [0.05, 0.1) is 31.1 Å². The molecule has 0 atom stereocenters. The van der Waals surface area contributed by atoms with E-state index in [1.165, 1.54) is 36.4 Å². The SMILES string of the molecule is O=S(=O)(Cc1ccccc1)c1cccc(S(=O)(=O)c2cccc(S(=O)(=O)Cc3ccccc3)c2)c1. The van der Waals surface area contributed by atoms with Crippen LogP contribution in [-0.2, 0) is 41.0 Å². The molecule has 35 heavy (non-hydrogen) atoms. The molecule has 0 radical (unpaired) electrons. The molecule has 0 N–H and O–H groups in total. The fraction of sp³-hybridized carbons (Fsp3) is 0.0769. The van der Waals surface area contributed by atoms with Gasteiger partial charge in [-0.3, -0.25) is 0 Å². The molecule has 4 aromatic rings. The van der Waals surface area contributed by atoms with E-state index in [0.29, 0.717) is 11.1 Å². The minimum atomic E-state index is -4.18. The molecule has 0 spiro atoms. The van der Waals surface area contributed by atoms with E-state index in [-0.39, 0.29) is 31.1 Å². The molecular weight excluding hydrogens is 504 g/mol. The molecule has 0 aliphatic heterocycles. The van der Waals surface area contributed by atoms with Gasteiger partial charge in [0.25, 0.3) is 0 Å². The van der Waals surface area contributed by atoms with E-state index in [1.54, 1.807) is 60.7 Å². The Labute approximate surface area is 205 Å². The standard InChI is InChI=1S/C26H22O6S3/c27-33(28,19-21-9-3-1-4-10-21)23-13-7-15-25(17-23)35(31,32)26-16-8-14-24(18-26)34(29,30)20-22-11-5-2-6-12-22/h1-18H,19-20H2. The van der Waals surface area contributed by atoms with Gasteiger partial charge in [0, 0.05) is 0 Å². The largest absolute Gasteiger partial charge is 0.223 e. The van der Waals surface area contributed by atoms with Crippen molar-refractivity contribution in [2.75, 3.05) is 0 Å². The van der Waals surface area contributed by atoms with Crippen LogP contribution in [-0.4, -0.2) is 25.3 Å². The molecule has 9 heteroatoms. The van der Waals surface area contributed by atoms with Crippen LogP contribution in [0, 0.1) is 0 Å². The van der Waals surface area contributed by atoms with Crippen molar-refractivity contribution in [2.24, 2.45) is 0 Å². The maximum atomic E-state index is 13.3. The van der Waals surface area contributed by atoms with E-state index >= 15 is 0 Å². The summed E-state index contributed by atoms with van der Waals surface area (Å²) in [4.78, 5) is -0.723. The van der Waals surface area contributed by atoms with Gasteiger partial charge in [0.15, 0.2) is 19.7 Å². The monoisotopic (exact) mass is 526 g/mol. The van der Waals surface area contributed by atoms with Crippen LogP contribution in [0.2, 0.25) is 0 Å². The number of sulfone groups is 3. The third kappa shape index (κ3) is 5.70. The smallest absolute Gasteiger partial charge is 0.206 e. The average molecular weight is 527 g/mol. The fourth-order valence-electron chi connectivity index (χ4n) is 3.56. The number of hydrogen-bond acceptors (Lipinski definition) is 6.